The Balaban J connectivity index is 1.64. The van der Waals surface area contributed by atoms with E-state index < -0.39 is 0 Å². The van der Waals surface area contributed by atoms with Crippen molar-refractivity contribution in [3.63, 3.8) is 0 Å². The van der Waals surface area contributed by atoms with E-state index in [0.29, 0.717) is 12.0 Å². The van der Waals surface area contributed by atoms with E-state index in [1.165, 1.54) is 11.9 Å². The van der Waals surface area contributed by atoms with Crippen molar-refractivity contribution in [2.45, 2.75) is 32.9 Å². The Morgan fingerprint density at radius 1 is 1.35 bits per heavy atom. The molecule has 3 rings (SSSR count). The maximum Gasteiger partial charge on any atom is 0.106 e. The van der Waals surface area contributed by atoms with Gasteiger partial charge in [0.05, 0.1) is 24.2 Å². The summed E-state index contributed by atoms with van der Waals surface area (Å²) >= 11 is 0. The Kier molecular flexibility index (Phi) is 4.03. The zero-order valence-electron chi connectivity index (χ0n) is 12.3. The van der Waals surface area contributed by atoms with Crippen LogP contribution < -0.4 is 5.32 Å². The summed E-state index contributed by atoms with van der Waals surface area (Å²) in [4.78, 5) is 4.61. The summed E-state index contributed by atoms with van der Waals surface area (Å²) < 4.78 is 7.85. The Labute approximate surface area is 120 Å². The molecule has 1 aromatic heterocycles. The summed E-state index contributed by atoms with van der Waals surface area (Å²) in [5, 5.41) is 3.64. The van der Waals surface area contributed by atoms with Crippen molar-refractivity contribution in [1.29, 1.82) is 0 Å². The summed E-state index contributed by atoms with van der Waals surface area (Å²) in [5.74, 6) is 1.75. The van der Waals surface area contributed by atoms with Crippen molar-refractivity contribution in [3.8, 4) is 0 Å². The second-order valence-corrected chi connectivity index (χ2v) is 5.57. The molecule has 2 atom stereocenters. The monoisotopic (exact) mass is 273 g/mol. The summed E-state index contributed by atoms with van der Waals surface area (Å²) in [6, 6.07) is 8.84. The Morgan fingerprint density at radius 3 is 3.05 bits per heavy atom. The predicted octanol–water partition coefficient (Wildman–Crippen LogP) is 2.36. The van der Waals surface area contributed by atoms with Crippen LogP contribution in [-0.2, 0) is 11.3 Å². The van der Waals surface area contributed by atoms with Crippen molar-refractivity contribution >= 4 is 11.0 Å². The lowest BCUT2D eigenvalue weighted by Gasteiger charge is -2.18. The number of nitrogens with zero attached hydrogens (tertiary/aromatic N) is 2. The number of rotatable bonds is 5. The van der Waals surface area contributed by atoms with Crippen LogP contribution in [0.25, 0.3) is 11.0 Å². The highest BCUT2D eigenvalue weighted by Gasteiger charge is 2.25. The molecule has 1 fully saturated rings. The average Bonchev–Trinajstić information content (AvgIpc) is 3.03. The fraction of sp³-hybridized carbons (Fsp3) is 0.562. The first-order valence-electron chi connectivity index (χ1n) is 7.52. The molecule has 2 unspecified atom stereocenters. The molecule has 1 aliphatic rings. The normalized spacial score (nSPS) is 22.7. The minimum atomic E-state index is 0.509. The molecular formula is C16H23N3O. The number of aromatic nitrogens is 2. The van der Waals surface area contributed by atoms with E-state index in [-0.39, 0.29) is 0 Å². The van der Waals surface area contributed by atoms with Crippen molar-refractivity contribution in [2.75, 3.05) is 19.8 Å². The Hall–Kier alpha value is -1.39. The van der Waals surface area contributed by atoms with E-state index in [1.54, 1.807) is 0 Å². The Bertz CT molecular complexity index is 578. The van der Waals surface area contributed by atoms with Gasteiger partial charge in [-0.2, -0.15) is 0 Å². The molecule has 1 N–H and O–H groups in total. The van der Waals surface area contributed by atoms with Gasteiger partial charge in [0.25, 0.3) is 0 Å². The van der Waals surface area contributed by atoms with Gasteiger partial charge in [-0.25, -0.2) is 4.98 Å². The van der Waals surface area contributed by atoms with Gasteiger partial charge < -0.3 is 14.6 Å². The molecule has 4 nitrogen and oxygen atoms in total. The van der Waals surface area contributed by atoms with E-state index in [0.717, 1.165) is 37.6 Å². The van der Waals surface area contributed by atoms with Gasteiger partial charge in [0.15, 0.2) is 0 Å². The quantitative estimate of drug-likeness (QED) is 0.909. The largest absolute Gasteiger partial charge is 0.379 e. The van der Waals surface area contributed by atoms with Gasteiger partial charge in [-0.15, -0.1) is 0 Å². The number of fused-ring (bicyclic) bond motifs is 1. The molecule has 0 amide bonds. The lowest BCUT2D eigenvalue weighted by molar-refractivity contribution is 0.182. The Morgan fingerprint density at radius 2 is 2.20 bits per heavy atom. The van der Waals surface area contributed by atoms with Crippen LogP contribution in [0.2, 0.25) is 0 Å². The van der Waals surface area contributed by atoms with Crippen molar-refractivity contribution < 1.29 is 4.74 Å². The van der Waals surface area contributed by atoms with Crippen LogP contribution >= 0.6 is 0 Å². The van der Waals surface area contributed by atoms with Gasteiger partial charge in [-0.05, 0) is 31.4 Å². The molecule has 20 heavy (non-hydrogen) atoms. The van der Waals surface area contributed by atoms with Gasteiger partial charge in [0.2, 0.25) is 0 Å². The number of hydrogen-bond donors (Lipinski definition) is 1. The molecule has 0 saturated carbocycles. The van der Waals surface area contributed by atoms with Crippen LogP contribution in [-0.4, -0.2) is 35.4 Å². The molecule has 108 valence electrons. The van der Waals surface area contributed by atoms with Crippen LogP contribution in [0.3, 0.4) is 0 Å². The second-order valence-electron chi connectivity index (χ2n) is 5.57. The molecule has 1 aromatic carbocycles. The van der Waals surface area contributed by atoms with Gasteiger partial charge >= 0.3 is 0 Å². The van der Waals surface area contributed by atoms with Gasteiger partial charge in [-0.3, -0.25) is 0 Å². The SMILES string of the molecule is CCC1COCC1NCCn1c(C)nc2ccccc21. The zero-order chi connectivity index (χ0) is 13.9. The fourth-order valence-corrected chi connectivity index (χ4v) is 3.07. The first kappa shape index (κ1) is 13.6. The van der Waals surface area contributed by atoms with Crippen molar-refractivity contribution in [3.05, 3.63) is 30.1 Å². The smallest absolute Gasteiger partial charge is 0.106 e. The molecule has 0 radical (unpaired) electrons. The lowest BCUT2D eigenvalue weighted by Crippen LogP contribution is -2.37. The van der Waals surface area contributed by atoms with Crippen LogP contribution in [0.4, 0.5) is 0 Å². The van der Waals surface area contributed by atoms with E-state index in [4.69, 9.17) is 4.74 Å². The molecule has 0 spiro atoms. The minimum Gasteiger partial charge on any atom is -0.379 e. The number of aryl methyl sites for hydroxylation is 1. The predicted molar refractivity (Wildman–Crippen MR) is 80.9 cm³/mol. The third kappa shape index (κ3) is 2.58. The van der Waals surface area contributed by atoms with Gasteiger partial charge in [0.1, 0.15) is 5.82 Å². The third-order valence-electron chi connectivity index (χ3n) is 4.31. The third-order valence-corrected chi connectivity index (χ3v) is 4.31. The molecule has 2 aromatic rings. The van der Waals surface area contributed by atoms with E-state index in [2.05, 4.69) is 46.9 Å². The van der Waals surface area contributed by atoms with Gasteiger partial charge in [0, 0.05) is 19.1 Å². The summed E-state index contributed by atoms with van der Waals surface area (Å²) in [5.41, 5.74) is 2.31. The summed E-state index contributed by atoms with van der Waals surface area (Å²) in [6.07, 6.45) is 1.19. The fourth-order valence-electron chi connectivity index (χ4n) is 3.07. The highest BCUT2D eigenvalue weighted by atomic mass is 16.5. The zero-order valence-corrected chi connectivity index (χ0v) is 12.3. The lowest BCUT2D eigenvalue weighted by atomic mass is 10.0. The molecule has 0 aliphatic carbocycles. The maximum absolute atomic E-state index is 5.56. The van der Waals surface area contributed by atoms with Crippen molar-refractivity contribution in [1.82, 2.24) is 14.9 Å². The van der Waals surface area contributed by atoms with Gasteiger partial charge in [-0.1, -0.05) is 19.1 Å². The highest BCUT2D eigenvalue weighted by molar-refractivity contribution is 5.75. The minimum absolute atomic E-state index is 0.509. The number of para-hydroxylation sites is 2. The van der Waals surface area contributed by atoms with E-state index in [1.807, 2.05) is 6.07 Å². The standard InChI is InChI=1S/C16H23N3O/c1-3-13-10-20-11-15(13)17-8-9-19-12(2)18-14-6-4-5-7-16(14)19/h4-7,13,15,17H,3,8-11H2,1-2H3. The van der Waals surface area contributed by atoms with Crippen LogP contribution in [0.5, 0.6) is 0 Å². The van der Waals surface area contributed by atoms with E-state index >= 15 is 0 Å². The van der Waals surface area contributed by atoms with Crippen LogP contribution in [0.1, 0.15) is 19.2 Å². The molecule has 4 heteroatoms. The second kappa shape index (κ2) is 5.94. The summed E-state index contributed by atoms with van der Waals surface area (Å²) in [7, 11) is 0. The number of benzene rings is 1. The molecule has 2 heterocycles. The average molecular weight is 273 g/mol. The first-order chi connectivity index (χ1) is 9.79. The highest BCUT2D eigenvalue weighted by Crippen LogP contribution is 2.17. The number of nitrogens with one attached hydrogen (secondary N) is 1. The number of ether oxygens (including phenoxy) is 1. The maximum atomic E-state index is 5.56. The number of hydrogen-bond acceptors (Lipinski definition) is 3. The molecule has 0 bridgehead atoms. The first-order valence-corrected chi connectivity index (χ1v) is 7.52. The van der Waals surface area contributed by atoms with E-state index in [9.17, 15) is 0 Å². The summed E-state index contributed by atoms with van der Waals surface area (Å²) in [6.45, 7) is 7.99. The van der Waals surface area contributed by atoms with Crippen LogP contribution in [0, 0.1) is 12.8 Å². The molecule has 1 aliphatic heterocycles. The molecular weight excluding hydrogens is 250 g/mol. The van der Waals surface area contributed by atoms with Crippen molar-refractivity contribution in [2.24, 2.45) is 5.92 Å². The number of imidazole rings is 1. The molecule has 1 saturated heterocycles. The van der Waals surface area contributed by atoms with Crippen LogP contribution in [0.15, 0.2) is 24.3 Å². The topological polar surface area (TPSA) is 39.1 Å².